The van der Waals surface area contributed by atoms with E-state index in [9.17, 15) is 0 Å². The second kappa shape index (κ2) is 5.51. The van der Waals surface area contributed by atoms with Crippen LogP contribution in [0.1, 0.15) is 31.9 Å². The summed E-state index contributed by atoms with van der Waals surface area (Å²) in [5.41, 5.74) is 2.10. The lowest BCUT2D eigenvalue weighted by atomic mass is 9.98. The minimum atomic E-state index is 0.641. The van der Waals surface area contributed by atoms with Crippen molar-refractivity contribution < 1.29 is 0 Å². The van der Waals surface area contributed by atoms with Gasteiger partial charge >= 0.3 is 0 Å². The molecule has 3 heterocycles. The maximum Gasteiger partial charge on any atom is 0.138 e. The summed E-state index contributed by atoms with van der Waals surface area (Å²) in [4.78, 5) is 7.27. The molecule has 2 aromatic rings. The number of aromatic nitrogens is 2. The highest BCUT2D eigenvalue weighted by Gasteiger charge is 2.22. The van der Waals surface area contributed by atoms with Crippen LogP contribution in [0.25, 0.3) is 5.65 Å². The molecular weight excluding hydrogens is 258 g/mol. The third-order valence-corrected chi connectivity index (χ3v) is 4.40. The van der Waals surface area contributed by atoms with Gasteiger partial charge in [-0.05, 0) is 38.1 Å². The van der Waals surface area contributed by atoms with Gasteiger partial charge in [0.25, 0.3) is 0 Å². The Hall–Kier alpha value is -1.06. The van der Waals surface area contributed by atoms with Gasteiger partial charge in [0.05, 0.1) is 5.69 Å². The standard InChI is InChI=1S/C15H20ClN3/c1-2-18-9-4-3-6-13(18)10-12-11-19-14(16)7-5-8-15(19)17-12/h5,7-8,11,13H,2-4,6,9-10H2,1H3. The summed E-state index contributed by atoms with van der Waals surface area (Å²) in [6, 6.07) is 6.50. The molecule has 0 saturated carbocycles. The summed E-state index contributed by atoms with van der Waals surface area (Å²) in [5, 5.41) is 0.729. The molecule has 19 heavy (non-hydrogen) atoms. The number of nitrogens with zero attached hydrogens (tertiary/aromatic N) is 3. The molecule has 2 aromatic heterocycles. The number of hydrogen-bond acceptors (Lipinski definition) is 2. The molecule has 0 aliphatic carbocycles. The van der Waals surface area contributed by atoms with Crippen molar-refractivity contribution in [1.29, 1.82) is 0 Å². The van der Waals surface area contributed by atoms with E-state index >= 15 is 0 Å². The Morgan fingerprint density at radius 3 is 3.05 bits per heavy atom. The van der Waals surface area contributed by atoms with Crippen LogP contribution in [0.3, 0.4) is 0 Å². The lowest BCUT2D eigenvalue weighted by Crippen LogP contribution is -2.40. The summed E-state index contributed by atoms with van der Waals surface area (Å²) in [6.45, 7) is 4.62. The van der Waals surface area contributed by atoms with E-state index in [0.717, 1.165) is 29.5 Å². The molecule has 3 rings (SSSR count). The van der Waals surface area contributed by atoms with E-state index in [-0.39, 0.29) is 0 Å². The SMILES string of the molecule is CCN1CCCCC1Cc1cn2c(Cl)cccc2n1. The summed E-state index contributed by atoms with van der Waals surface area (Å²) in [6.07, 6.45) is 7.08. The van der Waals surface area contributed by atoms with Gasteiger partial charge in [-0.25, -0.2) is 4.98 Å². The van der Waals surface area contributed by atoms with E-state index in [1.54, 1.807) is 0 Å². The van der Waals surface area contributed by atoms with Crippen LogP contribution in [-0.4, -0.2) is 33.4 Å². The van der Waals surface area contributed by atoms with Gasteiger partial charge in [0.2, 0.25) is 0 Å². The van der Waals surface area contributed by atoms with Crippen LogP contribution in [0.2, 0.25) is 5.15 Å². The van der Waals surface area contributed by atoms with Gasteiger partial charge in [0.1, 0.15) is 10.8 Å². The molecule has 1 atom stereocenters. The van der Waals surface area contributed by atoms with E-state index in [0.29, 0.717) is 6.04 Å². The second-order valence-electron chi connectivity index (χ2n) is 5.29. The average Bonchev–Trinajstić information content (AvgIpc) is 2.83. The first-order valence-electron chi connectivity index (χ1n) is 7.14. The Morgan fingerprint density at radius 1 is 1.37 bits per heavy atom. The summed E-state index contributed by atoms with van der Waals surface area (Å²) in [5.74, 6) is 0. The molecule has 0 aromatic carbocycles. The molecule has 0 amide bonds. The zero-order valence-electron chi connectivity index (χ0n) is 11.3. The number of piperidine rings is 1. The summed E-state index contributed by atoms with van der Waals surface area (Å²) >= 11 is 6.18. The summed E-state index contributed by atoms with van der Waals surface area (Å²) in [7, 11) is 0. The van der Waals surface area contributed by atoms with Gasteiger partial charge in [-0.2, -0.15) is 0 Å². The van der Waals surface area contributed by atoms with Crippen molar-refractivity contribution in [1.82, 2.24) is 14.3 Å². The number of rotatable bonds is 3. The van der Waals surface area contributed by atoms with Crippen molar-refractivity contribution >= 4 is 17.2 Å². The van der Waals surface area contributed by atoms with Crippen LogP contribution in [0.15, 0.2) is 24.4 Å². The Kier molecular flexibility index (Phi) is 3.76. The Morgan fingerprint density at radius 2 is 2.26 bits per heavy atom. The molecule has 4 heteroatoms. The van der Waals surface area contributed by atoms with E-state index in [1.165, 1.54) is 25.8 Å². The minimum absolute atomic E-state index is 0.641. The molecule has 1 aliphatic heterocycles. The normalized spacial score (nSPS) is 21.1. The Bertz CT molecular complexity index is 564. The van der Waals surface area contributed by atoms with Crippen LogP contribution in [-0.2, 0) is 6.42 Å². The largest absolute Gasteiger partial charge is 0.300 e. The van der Waals surface area contributed by atoms with Gasteiger partial charge in [0.15, 0.2) is 0 Å². The zero-order chi connectivity index (χ0) is 13.2. The van der Waals surface area contributed by atoms with Crippen LogP contribution in [0.5, 0.6) is 0 Å². The van der Waals surface area contributed by atoms with E-state index < -0.39 is 0 Å². The van der Waals surface area contributed by atoms with Crippen LogP contribution in [0.4, 0.5) is 0 Å². The van der Waals surface area contributed by atoms with Crippen molar-refractivity contribution in [3.63, 3.8) is 0 Å². The predicted octanol–water partition coefficient (Wildman–Crippen LogP) is 3.40. The Labute approximate surface area is 119 Å². The molecule has 0 bridgehead atoms. The average molecular weight is 278 g/mol. The van der Waals surface area contributed by atoms with E-state index in [1.807, 2.05) is 22.6 Å². The highest BCUT2D eigenvalue weighted by molar-refractivity contribution is 6.29. The predicted molar refractivity (Wildman–Crippen MR) is 78.8 cm³/mol. The molecular formula is C15H20ClN3. The van der Waals surface area contributed by atoms with Crippen molar-refractivity contribution in [2.45, 2.75) is 38.6 Å². The first-order chi connectivity index (χ1) is 9.28. The third-order valence-electron chi connectivity index (χ3n) is 4.09. The number of likely N-dealkylation sites (tertiary alicyclic amines) is 1. The second-order valence-corrected chi connectivity index (χ2v) is 5.68. The molecule has 1 fully saturated rings. The fourth-order valence-electron chi connectivity index (χ4n) is 3.07. The van der Waals surface area contributed by atoms with E-state index in [2.05, 4.69) is 23.0 Å². The van der Waals surface area contributed by atoms with Gasteiger partial charge < -0.3 is 4.90 Å². The number of imidazole rings is 1. The fraction of sp³-hybridized carbons (Fsp3) is 0.533. The molecule has 0 radical (unpaired) electrons. The molecule has 1 aliphatic rings. The number of fused-ring (bicyclic) bond motifs is 1. The van der Waals surface area contributed by atoms with Crippen LogP contribution in [0, 0.1) is 0 Å². The van der Waals surface area contributed by atoms with Crippen molar-refractivity contribution in [3.05, 3.63) is 35.2 Å². The first kappa shape index (κ1) is 12.9. The molecule has 1 saturated heterocycles. The highest BCUT2D eigenvalue weighted by atomic mass is 35.5. The van der Waals surface area contributed by atoms with Crippen LogP contribution >= 0.6 is 11.6 Å². The quantitative estimate of drug-likeness (QED) is 0.802. The molecule has 102 valence electrons. The van der Waals surface area contributed by atoms with Crippen molar-refractivity contribution in [3.8, 4) is 0 Å². The number of likely N-dealkylation sites (N-methyl/N-ethyl adjacent to an activating group) is 1. The Balaban J connectivity index is 1.82. The van der Waals surface area contributed by atoms with E-state index in [4.69, 9.17) is 11.6 Å². The van der Waals surface area contributed by atoms with Crippen molar-refractivity contribution in [2.75, 3.05) is 13.1 Å². The number of hydrogen-bond donors (Lipinski definition) is 0. The van der Waals surface area contributed by atoms with Gasteiger partial charge in [-0.15, -0.1) is 0 Å². The smallest absolute Gasteiger partial charge is 0.138 e. The third kappa shape index (κ3) is 2.63. The molecule has 0 spiro atoms. The first-order valence-corrected chi connectivity index (χ1v) is 7.52. The lowest BCUT2D eigenvalue weighted by Gasteiger charge is -2.34. The lowest BCUT2D eigenvalue weighted by molar-refractivity contribution is 0.155. The number of halogens is 1. The maximum atomic E-state index is 6.18. The topological polar surface area (TPSA) is 20.5 Å². The minimum Gasteiger partial charge on any atom is -0.300 e. The van der Waals surface area contributed by atoms with Gasteiger partial charge in [0, 0.05) is 18.7 Å². The van der Waals surface area contributed by atoms with Gasteiger partial charge in [-0.1, -0.05) is 31.0 Å². The highest BCUT2D eigenvalue weighted by Crippen LogP contribution is 2.21. The van der Waals surface area contributed by atoms with Crippen molar-refractivity contribution in [2.24, 2.45) is 0 Å². The monoisotopic (exact) mass is 277 g/mol. The number of pyridine rings is 1. The zero-order valence-corrected chi connectivity index (χ0v) is 12.1. The molecule has 1 unspecified atom stereocenters. The van der Waals surface area contributed by atoms with Crippen LogP contribution < -0.4 is 0 Å². The molecule has 0 N–H and O–H groups in total. The maximum absolute atomic E-state index is 6.18. The summed E-state index contributed by atoms with van der Waals surface area (Å²) < 4.78 is 1.97. The molecule has 3 nitrogen and oxygen atoms in total. The fourth-order valence-corrected chi connectivity index (χ4v) is 3.28. The van der Waals surface area contributed by atoms with Gasteiger partial charge in [-0.3, -0.25) is 4.40 Å².